The molecule has 0 aromatic heterocycles. The van der Waals surface area contributed by atoms with Crippen LogP contribution >= 0.6 is 0 Å². The number of amides is 1. The fourth-order valence-corrected chi connectivity index (χ4v) is 0.918. The summed E-state index contributed by atoms with van der Waals surface area (Å²) in [6.45, 7) is 5.03. The molecule has 0 rings (SSSR count). The fraction of sp³-hybridized carbons (Fsp3) is 0.889. The van der Waals surface area contributed by atoms with E-state index >= 15 is 0 Å². The number of carbonyl (C=O) groups excluding carboxylic acids is 1. The van der Waals surface area contributed by atoms with E-state index in [2.05, 4.69) is 12.2 Å². The van der Waals surface area contributed by atoms with Crippen LogP contribution < -0.4 is 11.5 Å². The second kappa shape index (κ2) is 10.4. The maximum atomic E-state index is 10.9. The molecule has 0 saturated carbocycles. The number of rotatable bonds is 6. The minimum absolute atomic E-state index is 0. The van der Waals surface area contributed by atoms with Crippen molar-refractivity contribution in [3.05, 3.63) is 0 Å². The van der Waals surface area contributed by atoms with Crippen LogP contribution in [0.25, 0.3) is 0 Å². The molecule has 1 amide bonds. The van der Waals surface area contributed by atoms with Crippen LogP contribution in [0.5, 0.6) is 0 Å². The first-order chi connectivity index (χ1) is 5.31. The average molecular weight is 174 g/mol. The predicted octanol–water partition coefficient (Wildman–Crippen LogP) is 2.25. The molecule has 0 unspecified atom stereocenters. The van der Waals surface area contributed by atoms with Crippen molar-refractivity contribution in [2.24, 2.45) is 0 Å². The lowest BCUT2D eigenvalue weighted by molar-refractivity contribution is -0.121. The van der Waals surface area contributed by atoms with E-state index in [1.165, 1.54) is 12.8 Å². The van der Waals surface area contributed by atoms with Crippen LogP contribution in [-0.4, -0.2) is 12.5 Å². The molecular formula is C9H22N2O. The molecule has 0 heterocycles. The minimum atomic E-state index is 0. The van der Waals surface area contributed by atoms with Gasteiger partial charge in [-0.25, -0.2) is 0 Å². The zero-order valence-electron chi connectivity index (χ0n) is 8.36. The molecule has 74 valence electrons. The molecule has 0 bridgehead atoms. The lowest BCUT2D eigenvalue weighted by Gasteiger charge is -2.02. The van der Waals surface area contributed by atoms with Gasteiger partial charge in [0.1, 0.15) is 0 Å². The van der Waals surface area contributed by atoms with Crippen LogP contribution in [0.2, 0.25) is 0 Å². The Morgan fingerprint density at radius 1 is 1.17 bits per heavy atom. The van der Waals surface area contributed by atoms with Crippen LogP contribution in [0.3, 0.4) is 0 Å². The summed E-state index contributed by atoms with van der Waals surface area (Å²) in [7, 11) is 0. The van der Waals surface area contributed by atoms with Gasteiger partial charge in [-0.05, 0) is 12.8 Å². The van der Waals surface area contributed by atoms with Gasteiger partial charge in [0, 0.05) is 13.0 Å². The lowest BCUT2D eigenvalue weighted by atomic mass is 10.2. The highest BCUT2D eigenvalue weighted by Gasteiger charge is 1.95. The monoisotopic (exact) mass is 174 g/mol. The highest BCUT2D eigenvalue weighted by atomic mass is 16.1. The van der Waals surface area contributed by atoms with Crippen molar-refractivity contribution in [3.8, 4) is 0 Å². The molecule has 0 spiro atoms. The Labute approximate surface area is 75.5 Å². The summed E-state index contributed by atoms with van der Waals surface area (Å²) >= 11 is 0. The number of nitrogens with one attached hydrogen (secondary N) is 1. The first-order valence-electron chi connectivity index (χ1n) is 4.58. The molecule has 0 atom stereocenters. The summed E-state index contributed by atoms with van der Waals surface area (Å²) in [6.07, 6.45) is 5.16. The van der Waals surface area contributed by atoms with Crippen molar-refractivity contribution in [3.63, 3.8) is 0 Å². The number of unbranched alkanes of at least 4 members (excludes halogenated alkanes) is 2. The number of hydrogen-bond acceptors (Lipinski definition) is 2. The zero-order chi connectivity index (χ0) is 8.53. The third kappa shape index (κ3) is 9.43. The zero-order valence-corrected chi connectivity index (χ0v) is 8.36. The predicted molar refractivity (Wildman–Crippen MR) is 52.5 cm³/mol. The molecule has 3 heteroatoms. The van der Waals surface area contributed by atoms with E-state index in [-0.39, 0.29) is 12.1 Å². The van der Waals surface area contributed by atoms with Gasteiger partial charge in [-0.15, -0.1) is 0 Å². The van der Waals surface area contributed by atoms with Gasteiger partial charge >= 0.3 is 0 Å². The van der Waals surface area contributed by atoms with Crippen LogP contribution in [0, 0.1) is 0 Å². The molecule has 0 aliphatic carbocycles. The second-order valence-electron chi connectivity index (χ2n) is 2.81. The largest absolute Gasteiger partial charge is 0.356 e. The SMILES string of the molecule is CCCCCNC(=O)CCC.N. The van der Waals surface area contributed by atoms with Gasteiger partial charge in [-0.1, -0.05) is 26.7 Å². The first-order valence-corrected chi connectivity index (χ1v) is 4.58. The van der Waals surface area contributed by atoms with E-state index in [0.29, 0.717) is 6.42 Å². The van der Waals surface area contributed by atoms with E-state index in [1.54, 1.807) is 0 Å². The van der Waals surface area contributed by atoms with Gasteiger partial charge in [-0.3, -0.25) is 4.79 Å². The molecule has 0 aromatic rings. The van der Waals surface area contributed by atoms with Crippen molar-refractivity contribution in [2.45, 2.75) is 46.0 Å². The Bertz CT molecular complexity index is 105. The van der Waals surface area contributed by atoms with E-state index in [9.17, 15) is 4.79 Å². The number of hydrogen-bond donors (Lipinski definition) is 2. The summed E-state index contributed by atoms with van der Waals surface area (Å²) in [5.41, 5.74) is 0. The van der Waals surface area contributed by atoms with Crippen molar-refractivity contribution in [2.75, 3.05) is 6.54 Å². The van der Waals surface area contributed by atoms with Crippen LogP contribution in [0.15, 0.2) is 0 Å². The Balaban J connectivity index is 0. The maximum Gasteiger partial charge on any atom is 0.219 e. The van der Waals surface area contributed by atoms with E-state index in [1.807, 2.05) is 6.92 Å². The quantitative estimate of drug-likeness (QED) is 0.607. The molecule has 0 aliphatic rings. The summed E-state index contributed by atoms with van der Waals surface area (Å²) < 4.78 is 0. The fourth-order valence-electron chi connectivity index (χ4n) is 0.918. The molecule has 0 saturated heterocycles. The van der Waals surface area contributed by atoms with Gasteiger partial charge in [0.15, 0.2) is 0 Å². The normalized spacial score (nSPS) is 8.83. The smallest absolute Gasteiger partial charge is 0.219 e. The molecule has 0 aliphatic heterocycles. The van der Waals surface area contributed by atoms with Gasteiger partial charge in [0.05, 0.1) is 0 Å². The van der Waals surface area contributed by atoms with Gasteiger partial charge in [0.2, 0.25) is 5.91 Å². The standard InChI is InChI=1S/C9H19NO.H3N/c1-3-5-6-8-10-9(11)7-4-2;/h3-8H2,1-2H3,(H,10,11);1H3. The van der Waals surface area contributed by atoms with Crippen molar-refractivity contribution in [1.82, 2.24) is 11.5 Å². The summed E-state index contributed by atoms with van der Waals surface area (Å²) in [6, 6.07) is 0. The van der Waals surface area contributed by atoms with Crippen LogP contribution in [0.1, 0.15) is 46.0 Å². The summed E-state index contributed by atoms with van der Waals surface area (Å²) in [5.74, 6) is 0.198. The molecule has 4 N–H and O–H groups in total. The third-order valence-electron chi connectivity index (χ3n) is 1.58. The Kier molecular flexibility index (Phi) is 12.2. The second-order valence-corrected chi connectivity index (χ2v) is 2.81. The first kappa shape index (κ1) is 14.0. The molecule has 12 heavy (non-hydrogen) atoms. The highest BCUT2D eigenvalue weighted by Crippen LogP contribution is 1.92. The van der Waals surface area contributed by atoms with Gasteiger partial charge < -0.3 is 11.5 Å². The van der Waals surface area contributed by atoms with Gasteiger partial charge in [0.25, 0.3) is 0 Å². The van der Waals surface area contributed by atoms with E-state index in [4.69, 9.17) is 0 Å². The molecular weight excluding hydrogens is 152 g/mol. The van der Waals surface area contributed by atoms with E-state index < -0.39 is 0 Å². The lowest BCUT2D eigenvalue weighted by Crippen LogP contribution is -2.23. The summed E-state index contributed by atoms with van der Waals surface area (Å²) in [5, 5.41) is 2.88. The van der Waals surface area contributed by atoms with Crippen molar-refractivity contribution < 1.29 is 4.79 Å². The molecule has 0 aromatic carbocycles. The molecule has 0 radical (unpaired) electrons. The summed E-state index contributed by atoms with van der Waals surface area (Å²) in [4.78, 5) is 10.9. The van der Waals surface area contributed by atoms with Crippen molar-refractivity contribution >= 4 is 5.91 Å². The van der Waals surface area contributed by atoms with Crippen LogP contribution in [-0.2, 0) is 4.79 Å². The average Bonchev–Trinajstić information content (AvgIpc) is 1.99. The van der Waals surface area contributed by atoms with Gasteiger partial charge in [-0.2, -0.15) is 0 Å². The Morgan fingerprint density at radius 3 is 2.33 bits per heavy atom. The van der Waals surface area contributed by atoms with E-state index in [0.717, 1.165) is 19.4 Å². The number of carbonyl (C=O) groups is 1. The topological polar surface area (TPSA) is 64.1 Å². The molecule has 0 fully saturated rings. The van der Waals surface area contributed by atoms with Crippen molar-refractivity contribution in [1.29, 1.82) is 0 Å². The Morgan fingerprint density at radius 2 is 1.83 bits per heavy atom. The minimum Gasteiger partial charge on any atom is -0.356 e. The highest BCUT2D eigenvalue weighted by molar-refractivity contribution is 5.75. The third-order valence-corrected chi connectivity index (χ3v) is 1.58. The maximum absolute atomic E-state index is 10.9. The van der Waals surface area contributed by atoms with Crippen LogP contribution in [0.4, 0.5) is 0 Å². The Hall–Kier alpha value is -0.570. The molecule has 3 nitrogen and oxygen atoms in total.